The van der Waals surface area contributed by atoms with Crippen LogP contribution < -0.4 is 5.32 Å². The number of nitrogens with zero attached hydrogens (tertiary/aromatic N) is 3. The molecule has 7 heteroatoms. The first-order valence-electron chi connectivity index (χ1n) is 11.4. The van der Waals surface area contributed by atoms with Crippen molar-refractivity contribution in [3.63, 3.8) is 0 Å². The van der Waals surface area contributed by atoms with Gasteiger partial charge in [0.05, 0.1) is 19.0 Å². The standard InChI is InChI=1S/C27H26N4O2S/c32-25(28-22-12-10-20(11-13-22)18-31-14-16-33-17-15-31)19-34-27-24-9-5-4-8-23(24)26(29-30-27)21-6-2-1-3-7-21/h1-13H,14-19H2,(H,28,32). The third kappa shape index (κ3) is 5.44. The molecule has 1 N–H and O–H groups in total. The number of benzene rings is 3. The van der Waals surface area contributed by atoms with E-state index >= 15 is 0 Å². The van der Waals surface area contributed by atoms with Crippen LogP contribution in [-0.4, -0.2) is 53.1 Å². The zero-order valence-corrected chi connectivity index (χ0v) is 19.6. The Balaban J connectivity index is 1.22. The van der Waals surface area contributed by atoms with Gasteiger partial charge in [-0.3, -0.25) is 9.69 Å². The largest absolute Gasteiger partial charge is 0.379 e. The number of carbonyl (C=O) groups excluding carboxylic acids is 1. The molecular formula is C27H26N4O2S. The predicted molar refractivity (Wildman–Crippen MR) is 137 cm³/mol. The number of ether oxygens (including phenoxy) is 1. The number of morpholine rings is 1. The van der Waals surface area contributed by atoms with Crippen LogP contribution in [0.5, 0.6) is 0 Å². The van der Waals surface area contributed by atoms with Crippen LogP contribution >= 0.6 is 11.8 Å². The van der Waals surface area contributed by atoms with Gasteiger partial charge in [-0.05, 0) is 17.7 Å². The Labute approximate surface area is 203 Å². The Morgan fingerprint density at radius 2 is 1.59 bits per heavy atom. The van der Waals surface area contributed by atoms with Crippen molar-refractivity contribution in [1.29, 1.82) is 0 Å². The van der Waals surface area contributed by atoms with E-state index in [0.717, 1.165) is 65.6 Å². The van der Waals surface area contributed by atoms with E-state index in [1.54, 1.807) is 0 Å². The molecule has 2 heterocycles. The third-order valence-electron chi connectivity index (χ3n) is 5.79. The van der Waals surface area contributed by atoms with Crippen molar-refractivity contribution in [2.24, 2.45) is 0 Å². The van der Waals surface area contributed by atoms with Crippen LogP contribution in [0.2, 0.25) is 0 Å². The lowest BCUT2D eigenvalue weighted by molar-refractivity contribution is -0.113. The molecule has 1 aliphatic rings. The van der Waals surface area contributed by atoms with Crippen molar-refractivity contribution < 1.29 is 9.53 Å². The molecule has 0 bridgehead atoms. The SMILES string of the molecule is O=C(CSc1nnc(-c2ccccc2)c2ccccc12)Nc1ccc(CN2CCOCC2)cc1. The molecule has 172 valence electrons. The summed E-state index contributed by atoms with van der Waals surface area (Å²) in [4.78, 5) is 15.0. The fraction of sp³-hybridized carbons (Fsp3) is 0.222. The molecule has 1 saturated heterocycles. The molecule has 1 aliphatic heterocycles. The highest BCUT2D eigenvalue weighted by Crippen LogP contribution is 2.31. The van der Waals surface area contributed by atoms with E-state index in [2.05, 4.69) is 38.6 Å². The smallest absolute Gasteiger partial charge is 0.234 e. The molecule has 5 rings (SSSR count). The second-order valence-corrected chi connectivity index (χ2v) is 9.15. The summed E-state index contributed by atoms with van der Waals surface area (Å²) in [6, 6.07) is 26.2. The predicted octanol–water partition coefficient (Wildman–Crippen LogP) is 4.86. The number of aromatic nitrogens is 2. The molecule has 1 amide bonds. The first-order chi connectivity index (χ1) is 16.8. The Bertz CT molecular complexity index is 1260. The van der Waals surface area contributed by atoms with Crippen molar-refractivity contribution in [2.45, 2.75) is 11.6 Å². The van der Waals surface area contributed by atoms with Crippen molar-refractivity contribution in [2.75, 3.05) is 37.4 Å². The molecular weight excluding hydrogens is 444 g/mol. The number of rotatable bonds is 7. The first-order valence-corrected chi connectivity index (χ1v) is 12.4. The zero-order valence-electron chi connectivity index (χ0n) is 18.8. The number of hydrogen-bond donors (Lipinski definition) is 1. The van der Waals surface area contributed by atoms with Gasteiger partial charge < -0.3 is 10.1 Å². The van der Waals surface area contributed by atoms with E-state index in [1.165, 1.54) is 17.3 Å². The van der Waals surface area contributed by atoms with E-state index in [1.807, 2.05) is 60.7 Å². The number of carbonyl (C=O) groups is 1. The molecule has 0 atom stereocenters. The molecule has 0 unspecified atom stereocenters. The van der Waals surface area contributed by atoms with Gasteiger partial charge in [-0.1, -0.05) is 78.5 Å². The minimum atomic E-state index is -0.0658. The molecule has 0 aliphatic carbocycles. The molecule has 4 aromatic rings. The average molecular weight is 471 g/mol. The van der Waals surface area contributed by atoms with Crippen molar-refractivity contribution >= 4 is 34.1 Å². The maximum absolute atomic E-state index is 12.6. The average Bonchev–Trinajstić information content (AvgIpc) is 2.89. The molecule has 1 aromatic heterocycles. The van der Waals surface area contributed by atoms with Crippen LogP contribution in [0.15, 0.2) is 83.9 Å². The molecule has 0 spiro atoms. The lowest BCUT2D eigenvalue weighted by Gasteiger charge is -2.26. The van der Waals surface area contributed by atoms with Crippen molar-refractivity contribution in [3.8, 4) is 11.3 Å². The fourth-order valence-corrected chi connectivity index (χ4v) is 4.81. The third-order valence-corrected chi connectivity index (χ3v) is 6.77. The lowest BCUT2D eigenvalue weighted by atomic mass is 10.1. The summed E-state index contributed by atoms with van der Waals surface area (Å²) in [6.07, 6.45) is 0. The van der Waals surface area contributed by atoms with Gasteiger partial charge in [0, 0.05) is 41.7 Å². The Morgan fingerprint density at radius 1 is 0.882 bits per heavy atom. The maximum Gasteiger partial charge on any atom is 0.234 e. The number of anilines is 1. The maximum atomic E-state index is 12.6. The number of amides is 1. The number of thioether (sulfide) groups is 1. The summed E-state index contributed by atoms with van der Waals surface area (Å²) in [7, 11) is 0. The normalized spacial score (nSPS) is 14.2. The number of fused-ring (bicyclic) bond motifs is 1. The van der Waals surface area contributed by atoms with Crippen molar-refractivity contribution in [3.05, 3.63) is 84.4 Å². The molecule has 3 aromatic carbocycles. The number of nitrogens with one attached hydrogen (secondary N) is 1. The van der Waals surface area contributed by atoms with Gasteiger partial charge in [0.25, 0.3) is 0 Å². The minimum absolute atomic E-state index is 0.0658. The topological polar surface area (TPSA) is 67.4 Å². The van der Waals surface area contributed by atoms with Crippen LogP contribution in [0.1, 0.15) is 5.56 Å². The van der Waals surface area contributed by atoms with Crippen LogP contribution in [0, 0.1) is 0 Å². The van der Waals surface area contributed by atoms with Gasteiger partial charge in [0.2, 0.25) is 5.91 Å². The highest BCUT2D eigenvalue weighted by molar-refractivity contribution is 8.00. The Morgan fingerprint density at radius 3 is 2.35 bits per heavy atom. The summed E-state index contributed by atoms with van der Waals surface area (Å²) in [5.41, 5.74) is 3.90. The summed E-state index contributed by atoms with van der Waals surface area (Å²) < 4.78 is 5.41. The van der Waals surface area contributed by atoms with E-state index in [9.17, 15) is 4.79 Å². The van der Waals surface area contributed by atoms with Crippen molar-refractivity contribution in [1.82, 2.24) is 15.1 Å². The van der Waals surface area contributed by atoms with Crippen LogP contribution in [0.25, 0.3) is 22.0 Å². The molecule has 34 heavy (non-hydrogen) atoms. The van der Waals surface area contributed by atoms with Crippen LogP contribution in [-0.2, 0) is 16.1 Å². The summed E-state index contributed by atoms with van der Waals surface area (Å²) >= 11 is 1.40. The van der Waals surface area contributed by atoms with E-state index in [4.69, 9.17) is 4.74 Å². The van der Waals surface area contributed by atoms with Gasteiger partial charge >= 0.3 is 0 Å². The first kappa shape index (κ1) is 22.5. The lowest BCUT2D eigenvalue weighted by Crippen LogP contribution is -2.35. The van der Waals surface area contributed by atoms with Crippen LogP contribution in [0.4, 0.5) is 5.69 Å². The van der Waals surface area contributed by atoms with Gasteiger partial charge in [0.15, 0.2) is 0 Å². The van der Waals surface area contributed by atoms with E-state index < -0.39 is 0 Å². The highest BCUT2D eigenvalue weighted by atomic mass is 32.2. The van der Waals surface area contributed by atoms with Gasteiger partial charge in [-0.15, -0.1) is 10.2 Å². The van der Waals surface area contributed by atoms with Gasteiger partial charge in [-0.2, -0.15) is 0 Å². The van der Waals surface area contributed by atoms with Gasteiger partial charge in [-0.25, -0.2) is 0 Å². The molecule has 0 saturated carbocycles. The second-order valence-electron chi connectivity index (χ2n) is 8.19. The Hall–Kier alpha value is -3.26. The second kappa shape index (κ2) is 10.8. The minimum Gasteiger partial charge on any atom is -0.379 e. The van der Waals surface area contributed by atoms with E-state index in [-0.39, 0.29) is 11.7 Å². The number of hydrogen-bond acceptors (Lipinski definition) is 6. The van der Waals surface area contributed by atoms with Crippen LogP contribution in [0.3, 0.4) is 0 Å². The molecule has 0 radical (unpaired) electrons. The highest BCUT2D eigenvalue weighted by Gasteiger charge is 2.13. The Kier molecular flexibility index (Phi) is 7.14. The zero-order chi connectivity index (χ0) is 23.2. The van der Waals surface area contributed by atoms with Gasteiger partial charge in [0.1, 0.15) is 10.7 Å². The fourth-order valence-electron chi connectivity index (χ4n) is 4.04. The monoisotopic (exact) mass is 470 g/mol. The summed E-state index contributed by atoms with van der Waals surface area (Å²) in [5, 5.41) is 14.7. The summed E-state index contributed by atoms with van der Waals surface area (Å²) in [5.74, 6) is 0.197. The molecule has 6 nitrogen and oxygen atoms in total. The quantitative estimate of drug-likeness (QED) is 0.389. The molecule has 1 fully saturated rings. The summed E-state index contributed by atoms with van der Waals surface area (Å²) in [6.45, 7) is 4.40. The van der Waals surface area contributed by atoms with E-state index in [0.29, 0.717) is 0 Å².